The molecule has 0 aromatic carbocycles. The average Bonchev–Trinajstić information content (AvgIpc) is 2.36. The summed E-state index contributed by atoms with van der Waals surface area (Å²) in [5, 5.41) is 2.75. The van der Waals surface area contributed by atoms with Crippen molar-refractivity contribution in [1.82, 2.24) is 5.32 Å². The van der Waals surface area contributed by atoms with Crippen molar-refractivity contribution >= 4 is 12.1 Å². The fraction of sp³-hybridized carbons (Fsp3) is 0.857. The number of esters is 1. The molecule has 1 aliphatic carbocycles. The van der Waals surface area contributed by atoms with Crippen LogP contribution in [0.15, 0.2) is 0 Å². The molecule has 19 heavy (non-hydrogen) atoms. The van der Waals surface area contributed by atoms with E-state index < -0.39 is 11.9 Å². The number of nitrogens with one attached hydrogen (secondary N) is 1. The quantitative estimate of drug-likeness (QED) is 0.616. The monoisotopic (exact) mass is 271 g/mol. The van der Waals surface area contributed by atoms with Crippen molar-refractivity contribution in [1.29, 1.82) is 0 Å². The second-order valence-electron chi connectivity index (χ2n) is 5.50. The highest BCUT2D eigenvalue weighted by atomic mass is 16.7. The Kier molecular flexibility index (Phi) is 6.12. The van der Waals surface area contributed by atoms with Crippen LogP contribution in [0.3, 0.4) is 0 Å². The number of carbonyl (C=O) groups is 2. The Morgan fingerprint density at radius 2 is 1.79 bits per heavy atom. The van der Waals surface area contributed by atoms with E-state index in [0.29, 0.717) is 12.5 Å². The molecule has 1 aliphatic rings. The van der Waals surface area contributed by atoms with Crippen molar-refractivity contribution in [3.63, 3.8) is 0 Å². The molecule has 5 heteroatoms. The van der Waals surface area contributed by atoms with Crippen LogP contribution in [0.2, 0.25) is 0 Å². The first-order valence-corrected chi connectivity index (χ1v) is 7.11. The van der Waals surface area contributed by atoms with Gasteiger partial charge in [0, 0.05) is 26.8 Å². The summed E-state index contributed by atoms with van der Waals surface area (Å²) in [6.07, 6.45) is 5.82. The van der Waals surface area contributed by atoms with Crippen LogP contribution in [0.5, 0.6) is 0 Å². The molecule has 0 spiro atoms. The SMILES string of the molecule is CCC(=O)OC(C)(C)OC(=O)NCC1CCCCC1. The Labute approximate surface area is 115 Å². The van der Waals surface area contributed by atoms with Gasteiger partial charge in [-0.25, -0.2) is 4.79 Å². The lowest BCUT2D eigenvalue weighted by Gasteiger charge is -2.26. The number of carbonyl (C=O) groups excluding carboxylic acids is 2. The predicted molar refractivity (Wildman–Crippen MR) is 71.5 cm³/mol. The van der Waals surface area contributed by atoms with E-state index in [2.05, 4.69) is 5.32 Å². The molecule has 0 aromatic rings. The first kappa shape index (κ1) is 15.8. The van der Waals surface area contributed by atoms with Crippen molar-refractivity contribution in [3.8, 4) is 0 Å². The minimum Gasteiger partial charge on any atom is -0.423 e. The minimum atomic E-state index is -1.22. The molecule has 0 aliphatic heterocycles. The molecule has 1 fully saturated rings. The number of ether oxygens (including phenoxy) is 2. The number of rotatable bonds is 5. The van der Waals surface area contributed by atoms with Gasteiger partial charge in [-0.15, -0.1) is 0 Å². The number of hydrogen-bond acceptors (Lipinski definition) is 4. The molecule has 1 saturated carbocycles. The Bertz CT molecular complexity index is 309. The third kappa shape index (κ3) is 6.45. The lowest BCUT2D eigenvalue weighted by Crippen LogP contribution is -2.39. The summed E-state index contributed by atoms with van der Waals surface area (Å²) >= 11 is 0. The van der Waals surface area contributed by atoms with E-state index in [9.17, 15) is 9.59 Å². The van der Waals surface area contributed by atoms with Crippen LogP contribution in [-0.2, 0) is 14.3 Å². The molecular weight excluding hydrogens is 246 g/mol. The lowest BCUT2D eigenvalue weighted by atomic mass is 9.89. The van der Waals surface area contributed by atoms with Crippen LogP contribution in [0.25, 0.3) is 0 Å². The summed E-state index contributed by atoms with van der Waals surface area (Å²) < 4.78 is 10.1. The number of alkyl carbamates (subject to hydrolysis) is 1. The zero-order valence-corrected chi connectivity index (χ0v) is 12.2. The fourth-order valence-corrected chi connectivity index (χ4v) is 2.25. The average molecular weight is 271 g/mol. The van der Waals surface area contributed by atoms with E-state index in [1.54, 1.807) is 20.8 Å². The summed E-state index contributed by atoms with van der Waals surface area (Å²) in [5.74, 6) is -1.06. The summed E-state index contributed by atoms with van der Waals surface area (Å²) in [5.41, 5.74) is 0. The van der Waals surface area contributed by atoms with Crippen LogP contribution in [0, 0.1) is 5.92 Å². The maximum absolute atomic E-state index is 11.6. The van der Waals surface area contributed by atoms with Crippen LogP contribution in [0.1, 0.15) is 59.3 Å². The third-order valence-electron chi connectivity index (χ3n) is 3.25. The molecule has 1 N–H and O–H groups in total. The molecule has 0 aromatic heterocycles. The maximum atomic E-state index is 11.6. The van der Waals surface area contributed by atoms with Gasteiger partial charge in [0.05, 0.1) is 0 Å². The molecule has 0 saturated heterocycles. The number of amides is 1. The summed E-state index contributed by atoms with van der Waals surface area (Å²) in [4.78, 5) is 22.8. The summed E-state index contributed by atoms with van der Waals surface area (Å²) in [6.45, 7) is 5.44. The van der Waals surface area contributed by atoms with Crippen LogP contribution in [0.4, 0.5) is 4.79 Å². The molecule has 0 unspecified atom stereocenters. The first-order chi connectivity index (χ1) is 8.93. The third-order valence-corrected chi connectivity index (χ3v) is 3.25. The van der Waals surface area contributed by atoms with E-state index in [0.717, 1.165) is 12.8 Å². The Morgan fingerprint density at radius 3 is 2.37 bits per heavy atom. The van der Waals surface area contributed by atoms with Crippen LogP contribution >= 0.6 is 0 Å². The smallest absolute Gasteiger partial charge is 0.410 e. The molecule has 0 atom stereocenters. The Balaban J connectivity index is 2.27. The van der Waals surface area contributed by atoms with Gasteiger partial charge >= 0.3 is 12.1 Å². The normalized spacial score (nSPS) is 16.8. The van der Waals surface area contributed by atoms with E-state index in [1.807, 2.05) is 0 Å². The van der Waals surface area contributed by atoms with E-state index in [1.165, 1.54) is 19.3 Å². The van der Waals surface area contributed by atoms with Crippen molar-refractivity contribution < 1.29 is 19.1 Å². The van der Waals surface area contributed by atoms with Crippen molar-refractivity contribution in [2.24, 2.45) is 5.92 Å². The van der Waals surface area contributed by atoms with Gasteiger partial charge in [0.25, 0.3) is 5.79 Å². The van der Waals surface area contributed by atoms with Gasteiger partial charge in [-0.2, -0.15) is 0 Å². The first-order valence-electron chi connectivity index (χ1n) is 7.11. The fourth-order valence-electron chi connectivity index (χ4n) is 2.25. The molecule has 1 amide bonds. The molecule has 110 valence electrons. The van der Waals surface area contributed by atoms with E-state index in [-0.39, 0.29) is 12.4 Å². The highest BCUT2D eigenvalue weighted by Crippen LogP contribution is 2.22. The van der Waals surface area contributed by atoms with E-state index in [4.69, 9.17) is 9.47 Å². The standard InChI is InChI=1S/C14H25NO4/c1-4-12(16)18-14(2,3)19-13(17)15-10-11-8-6-5-7-9-11/h11H,4-10H2,1-3H3,(H,15,17). The maximum Gasteiger partial charge on any atom is 0.410 e. The molecule has 5 nitrogen and oxygen atoms in total. The van der Waals surface area contributed by atoms with Gasteiger partial charge in [-0.1, -0.05) is 26.2 Å². The van der Waals surface area contributed by atoms with Gasteiger partial charge in [-0.3, -0.25) is 4.79 Å². The number of hydrogen-bond donors (Lipinski definition) is 1. The van der Waals surface area contributed by atoms with E-state index >= 15 is 0 Å². The van der Waals surface area contributed by atoms with Gasteiger partial charge in [-0.05, 0) is 18.8 Å². The van der Waals surface area contributed by atoms with Gasteiger partial charge in [0.1, 0.15) is 0 Å². The topological polar surface area (TPSA) is 64.6 Å². The van der Waals surface area contributed by atoms with Crippen LogP contribution < -0.4 is 5.32 Å². The molecule has 1 rings (SSSR count). The minimum absolute atomic E-state index is 0.260. The van der Waals surface area contributed by atoms with Crippen LogP contribution in [-0.4, -0.2) is 24.4 Å². The summed E-state index contributed by atoms with van der Waals surface area (Å²) in [6, 6.07) is 0. The zero-order chi connectivity index (χ0) is 14.3. The molecule has 0 heterocycles. The largest absolute Gasteiger partial charge is 0.423 e. The Hall–Kier alpha value is -1.26. The summed E-state index contributed by atoms with van der Waals surface area (Å²) in [7, 11) is 0. The zero-order valence-electron chi connectivity index (χ0n) is 12.2. The van der Waals surface area contributed by atoms with Gasteiger partial charge in [0.15, 0.2) is 0 Å². The Morgan fingerprint density at radius 1 is 1.16 bits per heavy atom. The second-order valence-corrected chi connectivity index (χ2v) is 5.50. The predicted octanol–water partition coefficient (Wildman–Crippen LogP) is 2.98. The molecule has 0 radical (unpaired) electrons. The van der Waals surface area contributed by atoms with Crippen molar-refractivity contribution in [2.75, 3.05) is 6.54 Å². The van der Waals surface area contributed by atoms with Gasteiger partial charge < -0.3 is 14.8 Å². The second kappa shape index (κ2) is 7.36. The van der Waals surface area contributed by atoms with Crippen molar-refractivity contribution in [2.45, 2.75) is 65.1 Å². The molecule has 0 bridgehead atoms. The highest BCUT2D eigenvalue weighted by molar-refractivity contribution is 5.70. The molecular formula is C14H25NO4. The van der Waals surface area contributed by atoms with Gasteiger partial charge in [0.2, 0.25) is 0 Å². The highest BCUT2D eigenvalue weighted by Gasteiger charge is 2.27. The lowest BCUT2D eigenvalue weighted by molar-refractivity contribution is -0.194. The van der Waals surface area contributed by atoms with Crippen molar-refractivity contribution in [3.05, 3.63) is 0 Å².